The van der Waals surface area contributed by atoms with Crippen molar-refractivity contribution in [3.05, 3.63) is 54.1 Å². The predicted molar refractivity (Wildman–Crippen MR) is 103 cm³/mol. The fourth-order valence-electron chi connectivity index (χ4n) is 2.25. The van der Waals surface area contributed by atoms with Gasteiger partial charge in [0.1, 0.15) is 18.0 Å². The summed E-state index contributed by atoms with van der Waals surface area (Å²) in [6.07, 6.45) is -1.01. The van der Waals surface area contributed by atoms with Crippen molar-refractivity contribution in [3.63, 3.8) is 0 Å². The molecule has 0 bridgehead atoms. The number of benzene rings is 2. The second-order valence-corrected chi connectivity index (χ2v) is 5.77. The highest BCUT2D eigenvalue weighted by Gasteiger charge is 2.19. The maximum atomic E-state index is 12.2. The van der Waals surface area contributed by atoms with Crippen LogP contribution in [0.4, 0.5) is 5.69 Å². The molecule has 0 saturated heterocycles. The first-order valence-corrected chi connectivity index (χ1v) is 8.49. The summed E-state index contributed by atoms with van der Waals surface area (Å²) in [6, 6.07) is 13.4. The lowest BCUT2D eigenvalue weighted by Crippen LogP contribution is -2.35. The molecular weight excluding hydrogens is 364 g/mol. The molecule has 0 unspecified atom stereocenters. The zero-order valence-electron chi connectivity index (χ0n) is 15.9. The van der Waals surface area contributed by atoms with Gasteiger partial charge in [0.2, 0.25) is 0 Å². The molecule has 0 saturated carbocycles. The highest BCUT2D eigenvalue weighted by atomic mass is 16.5. The van der Waals surface area contributed by atoms with Gasteiger partial charge in [0.25, 0.3) is 11.8 Å². The fraction of sp³-hybridized carbons (Fsp3) is 0.250. The molecule has 0 heterocycles. The van der Waals surface area contributed by atoms with Gasteiger partial charge in [-0.25, -0.2) is 0 Å². The Morgan fingerprint density at radius 3 is 2.14 bits per heavy atom. The van der Waals surface area contributed by atoms with Crippen LogP contribution in [0.5, 0.6) is 11.5 Å². The number of carbonyl (C=O) groups is 3. The van der Waals surface area contributed by atoms with Crippen LogP contribution in [0, 0.1) is 0 Å². The van der Waals surface area contributed by atoms with Crippen LogP contribution in [0.15, 0.2) is 48.5 Å². The largest absolute Gasteiger partial charge is 0.497 e. The Bertz CT molecular complexity index is 816. The van der Waals surface area contributed by atoms with E-state index in [-0.39, 0.29) is 12.1 Å². The first-order valence-electron chi connectivity index (χ1n) is 8.49. The van der Waals surface area contributed by atoms with Crippen LogP contribution >= 0.6 is 0 Å². The molecule has 2 aromatic carbocycles. The molecule has 8 heteroatoms. The van der Waals surface area contributed by atoms with Gasteiger partial charge < -0.3 is 24.8 Å². The second kappa shape index (κ2) is 9.96. The summed E-state index contributed by atoms with van der Waals surface area (Å²) in [7, 11) is 2.94. The molecule has 2 N–H and O–H groups in total. The van der Waals surface area contributed by atoms with E-state index in [4.69, 9.17) is 14.2 Å². The number of hydrogen-bond donors (Lipinski definition) is 2. The van der Waals surface area contributed by atoms with E-state index in [0.29, 0.717) is 17.2 Å². The van der Waals surface area contributed by atoms with E-state index in [9.17, 15) is 14.4 Å². The van der Waals surface area contributed by atoms with Gasteiger partial charge in [0, 0.05) is 17.3 Å². The van der Waals surface area contributed by atoms with Gasteiger partial charge in [-0.15, -0.1) is 0 Å². The Morgan fingerprint density at radius 2 is 1.57 bits per heavy atom. The average Bonchev–Trinajstić information content (AvgIpc) is 2.72. The highest BCUT2D eigenvalue weighted by molar-refractivity contribution is 5.97. The summed E-state index contributed by atoms with van der Waals surface area (Å²) in [5.74, 6) is -0.825. The fourth-order valence-corrected chi connectivity index (χ4v) is 2.25. The van der Waals surface area contributed by atoms with Crippen molar-refractivity contribution < 1.29 is 28.6 Å². The molecule has 2 aromatic rings. The van der Waals surface area contributed by atoms with Crippen molar-refractivity contribution in [1.29, 1.82) is 0 Å². The van der Waals surface area contributed by atoms with Gasteiger partial charge in [0.15, 0.2) is 6.10 Å². The summed E-state index contributed by atoms with van der Waals surface area (Å²) in [4.78, 5) is 36.2. The first kappa shape index (κ1) is 20.8. The molecule has 8 nitrogen and oxygen atoms in total. The van der Waals surface area contributed by atoms with Gasteiger partial charge in [-0.05, 0) is 31.2 Å². The van der Waals surface area contributed by atoms with Crippen LogP contribution < -0.4 is 20.1 Å². The molecule has 0 aromatic heterocycles. The molecule has 2 amide bonds. The molecular formula is C20H22N2O6. The van der Waals surface area contributed by atoms with E-state index in [0.717, 1.165) is 0 Å². The number of ether oxygens (including phenoxy) is 3. The minimum absolute atomic E-state index is 0.263. The standard InChI is InChI=1S/C20H22N2O6/c1-13(19(24)22-15-7-5-4-6-8-15)28-18(23)12-21-20(25)14-9-16(26-2)11-17(10-14)27-3/h4-11,13H,12H2,1-3H3,(H,21,25)(H,22,24)/t13-/m0/s1. The van der Waals surface area contributed by atoms with Crippen molar-refractivity contribution >= 4 is 23.5 Å². The third-order valence-corrected chi connectivity index (χ3v) is 3.73. The van der Waals surface area contributed by atoms with Crippen LogP contribution in [0.25, 0.3) is 0 Å². The quantitative estimate of drug-likeness (QED) is 0.673. The Labute approximate surface area is 162 Å². The van der Waals surface area contributed by atoms with Crippen LogP contribution in [-0.4, -0.2) is 44.7 Å². The average molecular weight is 386 g/mol. The van der Waals surface area contributed by atoms with E-state index >= 15 is 0 Å². The number of amides is 2. The monoisotopic (exact) mass is 386 g/mol. The Balaban J connectivity index is 1.86. The molecule has 1 atom stereocenters. The Morgan fingerprint density at radius 1 is 0.964 bits per heavy atom. The first-order chi connectivity index (χ1) is 13.4. The number of para-hydroxylation sites is 1. The molecule has 0 spiro atoms. The van der Waals surface area contributed by atoms with Crippen LogP contribution in [0.2, 0.25) is 0 Å². The Hall–Kier alpha value is -3.55. The number of anilines is 1. The van der Waals surface area contributed by atoms with Crippen molar-refractivity contribution in [3.8, 4) is 11.5 Å². The van der Waals surface area contributed by atoms with Crippen molar-refractivity contribution in [2.75, 3.05) is 26.1 Å². The van der Waals surface area contributed by atoms with Crippen LogP contribution in [-0.2, 0) is 14.3 Å². The number of esters is 1. The summed E-state index contributed by atoms with van der Waals surface area (Å²) in [5, 5.41) is 5.07. The maximum absolute atomic E-state index is 12.2. The van der Waals surface area contributed by atoms with E-state index < -0.39 is 23.9 Å². The normalized spacial score (nSPS) is 11.1. The lowest BCUT2D eigenvalue weighted by atomic mass is 10.2. The highest BCUT2D eigenvalue weighted by Crippen LogP contribution is 2.22. The van der Waals surface area contributed by atoms with Crippen LogP contribution in [0.3, 0.4) is 0 Å². The molecule has 28 heavy (non-hydrogen) atoms. The number of hydrogen-bond acceptors (Lipinski definition) is 6. The van der Waals surface area contributed by atoms with Crippen molar-refractivity contribution in [2.24, 2.45) is 0 Å². The minimum Gasteiger partial charge on any atom is -0.497 e. The van der Waals surface area contributed by atoms with E-state index in [1.807, 2.05) is 6.07 Å². The molecule has 0 aliphatic carbocycles. The predicted octanol–water partition coefficient (Wildman–Crippen LogP) is 2.00. The van der Waals surface area contributed by atoms with Gasteiger partial charge in [-0.1, -0.05) is 18.2 Å². The maximum Gasteiger partial charge on any atom is 0.326 e. The summed E-state index contributed by atoms with van der Waals surface area (Å²) in [5.41, 5.74) is 0.856. The molecule has 2 rings (SSSR count). The number of carbonyl (C=O) groups excluding carboxylic acids is 3. The SMILES string of the molecule is COc1cc(OC)cc(C(=O)NCC(=O)O[C@@H](C)C(=O)Nc2ccccc2)c1. The smallest absolute Gasteiger partial charge is 0.326 e. The zero-order valence-corrected chi connectivity index (χ0v) is 15.9. The summed E-state index contributed by atoms with van der Waals surface area (Å²) >= 11 is 0. The number of nitrogens with one attached hydrogen (secondary N) is 2. The van der Waals surface area contributed by atoms with Gasteiger partial charge in [-0.2, -0.15) is 0 Å². The topological polar surface area (TPSA) is 103 Å². The molecule has 148 valence electrons. The van der Waals surface area contributed by atoms with Gasteiger partial charge in [0.05, 0.1) is 14.2 Å². The molecule has 0 aliphatic heterocycles. The molecule has 0 radical (unpaired) electrons. The minimum atomic E-state index is -1.01. The number of rotatable bonds is 8. The van der Waals surface area contributed by atoms with Gasteiger partial charge >= 0.3 is 5.97 Å². The van der Waals surface area contributed by atoms with Crippen molar-refractivity contribution in [1.82, 2.24) is 5.32 Å². The van der Waals surface area contributed by atoms with Crippen molar-refractivity contribution in [2.45, 2.75) is 13.0 Å². The third kappa shape index (κ3) is 6.01. The van der Waals surface area contributed by atoms with E-state index in [1.165, 1.54) is 33.3 Å². The lowest BCUT2D eigenvalue weighted by molar-refractivity contribution is -0.152. The van der Waals surface area contributed by atoms with E-state index in [2.05, 4.69) is 10.6 Å². The lowest BCUT2D eigenvalue weighted by Gasteiger charge is -2.14. The van der Waals surface area contributed by atoms with Crippen LogP contribution in [0.1, 0.15) is 17.3 Å². The zero-order chi connectivity index (χ0) is 20.5. The summed E-state index contributed by atoms with van der Waals surface area (Å²) in [6.45, 7) is 1.06. The Kier molecular flexibility index (Phi) is 7.38. The molecule has 0 aliphatic rings. The van der Waals surface area contributed by atoms with E-state index in [1.54, 1.807) is 30.3 Å². The molecule has 0 fully saturated rings. The third-order valence-electron chi connectivity index (χ3n) is 3.73. The second-order valence-electron chi connectivity index (χ2n) is 5.77. The number of methoxy groups -OCH3 is 2. The summed E-state index contributed by atoms with van der Waals surface area (Å²) < 4.78 is 15.3. The van der Waals surface area contributed by atoms with Gasteiger partial charge in [-0.3, -0.25) is 14.4 Å².